The highest BCUT2D eigenvalue weighted by molar-refractivity contribution is 7.44. The molecule has 3 unspecified atom stereocenters. The van der Waals surface area contributed by atoms with Gasteiger partial charge < -0.3 is 18.5 Å². The van der Waals surface area contributed by atoms with Gasteiger partial charge in [-0.1, -0.05) is 104 Å². The van der Waals surface area contributed by atoms with Gasteiger partial charge in [-0.25, -0.2) is 9.46 Å². The average molecular weight is 754 g/mol. The molecule has 13 heteroatoms. The summed E-state index contributed by atoms with van der Waals surface area (Å²) < 4.78 is 29.2. The van der Waals surface area contributed by atoms with Gasteiger partial charge in [0.1, 0.15) is 18.3 Å². The molecule has 0 aliphatic carbocycles. The Morgan fingerprint density at radius 2 is 1.40 bits per heavy atom. The zero-order valence-electron chi connectivity index (χ0n) is 33.6. The molecule has 300 valence electrons. The molecule has 1 fully saturated rings. The lowest BCUT2D eigenvalue weighted by Crippen LogP contribution is -2.42. The van der Waals surface area contributed by atoms with E-state index >= 15 is 0 Å². The molecule has 12 nitrogen and oxygen atoms in total. The molecule has 1 aliphatic rings. The second kappa shape index (κ2) is 27.8. The highest BCUT2D eigenvalue weighted by Crippen LogP contribution is 2.50. The number of nitriles is 1. The molecule has 0 aromatic carbocycles. The van der Waals surface area contributed by atoms with Crippen molar-refractivity contribution in [2.24, 2.45) is 0 Å². The van der Waals surface area contributed by atoms with Crippen LogP contribution in [0.2, 0.25) is 0 Å². The molecule has 1 saturated heterocycles. The number of ether oxygens (including phenoxy) is 2. The number of hydroxylamine groups is 2. The standard InChI is InChI=1S/C39H72N5O7P/c1-8-10-12-14-16-18-20-22-27-42(28-23-21-19-17-15-13-11-9-2)48-31-34-36(51-52(49-30-24-26-40)44(32(3)4)33(5)6)37(47-7)38(50-34)43-29-25-35(45)41-39(43)46/h25,29,32-34,36-38H,8-24,27-28,30-31H2,1-7H3,(H,41,45,46)/t34-,36?,37?,38-,52?/m1/s1. The minimum absolute atomic E-state index is 0.0950. The maximum atomic E-state index is 13.0. The predicted molar refractivity (Wildman–Crippen MR) is 209 cm³/mol. The van der Waals surface area contributed by atoms with E-state index in [-0.39, 0.29) is 31.7 Å². The van der Waals surface area contributed by atoms with Crippen molar-refractivity contribution >= 4 is 8.53 Å². The summed E-state index contributed by atoms with van der Waals surface area (Å²) in [4.78, 5) is 33.8. The van der Waals surface area contributed by atoms with E-state index in [1.54, 1.807) is 7.11 Å². The Morgan fingerprint density at radius 1 is 0.865 bits per heavy atom. The van der Waals surface area contributed by atoms with E-state index < -0.39 is 44.3 Å². The van der Waals surface area contributed by atoms with Crippen LogP contribution >= 0.6 is 8.53 Å². The van der Waals surface area contributed by atoms with Crippen molar-refractivity contribution < 1.29 is 23.4 Å². The summed E-state index contributed by atoms with van der Waals surface area (Å²) in [6.45, 7) is 14.9. The summed E-state index contributed by atoms with van der Waals surface area (Å²) in [5.74, 6) is 0. The van der Waals surface area contributed by atoms with E-state index in [0.29, 0.717) is 0 Å². The van der Waals surface area contributed by atoms with Crippen molar-refractivity contribution in [1.29, 1.82) is 5.26 Å². The molecule has 2 heterocycles. The zero-order chi connectivity index (χ0) is 38.1. The number of nitrogens with zero attached hydrogens (tertiary/aromatic N) is 4. The fourth-order valence-corrected chi connectivity index (χ4v) is 8.50. The number of methoxy groups -OCH3 is 1. The number of H-pyrrole nitrogens is 1. The van der Waals surface area contributed by atoms with Crippen LogP contribution in [0.25, 0.3) is 0 Å². The van der Waals surface area contributed by atoms with Crippen molar-refractivity contribution in [3.8, 4) is 6.07 Å². The molecule has 2 rings (SSSR count). The van der Waals surface area contributed by atoms with Crippen LogP contribution in [0.15, 0.2) is 21.9 Å². The third-order valence-electron chi connectivity index (χ3n) is 9.50. The Kier molecular flexibility index (Phi) is 24.9. The normalized spacial score (nSPS) is 19.7. The second-order valence-electron chi connectivity index (χ2n) is 14.6. The molecular formula is C39H72N5O7P. The Bertz CT molecular complexity index is 1180. The van der Waals surface area contributed by atoms with E-state index in [4.69, 9.17) is 23.4 Å². The maximum absolute atomic E-state index is 13.0. The molecular weight excluding hydrogens is 681 g/mol. The first kappa shape index (κ1) is 46.5. The average Bonchev–Trinajstić information content (AvgIpc) is 3.45. The highest BCUT2D eigenvalue weighted by atomic mass is 31.2. The molecule has 1 aliphatic heterocycles. The molecule has 0 amide bonds. The number of rotatable bonds is 31. The van der Waals surface area contributed by atoms with Gasteiger partial charge in [0.15, 0.2) is 6.23 Å². The zero-order valence-corrected chi connectivity index (χ0v) is 34.5. The molecule has 0 saturated carbocycles. The van der Waals surface area contributed by atoms with E-state index in [1.165, 1.54) is 107 Å². The lowest BCUT2D eigenvalue weighted by molar-refractivity contribution is -0.193. The summed E-state index contributed by atoms with van der Waals surface area (Å²) in [5.41, 5.74) is -1.08. The molecule has 0 bridgehead atoms. The monoisotopic (exact) mass is 754 g/mol. The number of unbranched alkanes of at least 4 members (excludes halogenated alkanes) is 14. The Morgan fingerprint density at radius 3 is 1.88 bits per heavy atom. The molecule has 0 radical (unpaired) electrons. The van der Waals surface area contributed by atoms with Crippen molar-refractivity contribution in [2.45, 2.75) is 187 Å². The lowest BCUT2D eigenvalue weighted by Gasteiger charge is -2.38. The van der Waals surface area contributed by atoms with Crippen LogP contribution in [-0.4, -0.2) is 83.1 Å². The first-order valence-electron chi connectivity index (χ1n) is 20.3. The Hall–Kier alpha value is -1.68. The van der Waals surface area contributed by atoms with Crippen LogP contribution in [0.5, 0.6) is 0 Å². The van der Waals surface area contributed by atoms with Gasteiger partial charge in [0, 0.05) is 44.5 Å². The Labute approximate surface area is 315 Å². The fourth-order valence-electron chi connectivity index (χ4n) is 6.73. The predicted octanol–water partition coefficient (Wildman–Crippen LogP) is 8.63. The van der Waals surface area contributed by atoms with Crippen LogP contribution in [0.1, 0.15) is 157 Å². The van der Waals surface area contributed by atoms with Crippen LogP contribution in [0.4, 0.5) is 0 Å². The topological polar surface area (TPSA) is 131 Å². The van der Waals surface area contributed by atoms with E-state index in [2.05, 4.69) is 62.3 Å². The van der Waals surface area contributed by atoms with Gasteiger partial charge in [-0.2, -0.15) is 10.3 Å². The molecule has 52 heavy (non-hydrogen) atoms. The van der Waals surface area contributed by atoms with Crippen molar-refractivity contribution in [3.63, 3.8) is 0 Å². The SMILES string of the molecule is CCCCCCCCCCN(CCCCCCCCCC)OC[C@H]1O[C@@H](n2ccc(=O)[nH]c2=O)C(OC)C1OP(OCCC#N)N(C(C)C)C(C)C. The summed E-state index contributed by atoms with van der Waals surface area (Å²) in [5, 5.41) is 11.3. The first-order chi connectivity index (χ1) is 25.2. The van der Waals surface area contributed by atoms with Gasteiger partial charge in [-0.15, -0.1) is 0 Å². The van der Waals surface area contributed by atoms with E-state index in [0.717, 1.165) is 25.9 Å². The first-order valence-corrected chi connectivity index (χ1v) is 21.4. The van der Waals surface area contributed by atoms with Crippen LogP contribution in [0, 0.1) is 11.3 Å². The minimum atomic E-state index is -1.64. The third-order valence-corrected chi connectivity index (χ3v) is 11.6. The van der Waals surface area contributed by atoms with Crippen molar-refractivity contribution in [3.05, 3.63) is 33.1 Å². The van der Waals surface area contributed by atoms with Gasteiger partial charge in [0.05, 0.1) is 25.7 Å². The molecule has 1 aromatic heterocycles. The van der Waals surface area contributed by atoms with E-state index in [1.807, 2.05) is 0 Å². The maximum Gasteiger partial charge on any atom is 0.330 e. The minimum Gasteiger partial charge on any atom is -0.374 e. The summed E-state index contributed by atoms with van der Waals surface area (Å²) in [6.07, 6.45) is 18.7. The highest BCUT2D eigenvalue weighted by Gasteiger charge is 2.50. The number of aromatic amines is 1. The van der Waals surface area contributed by atoms with Gasteiger partial charge >= 0.3 is 5.69 Å². The number of aromatic nitrogens is 2. The number of hydrogen-bond acceptors (Lipinski definition) is 10. The van der Waals surface area contributed by atoms with E-state index in [9.17, 15) is 14.9 Å². The summed E-state index contributed by atoms with van der Waals surface area (Å²) >= 11 is 0. The molecule has 1 aromatic rings. The largest absolute Gasteiger partial charge is 0.374 e. The summed E-state index contributed by atoms with van der Waals surface area (Å²) in [6, 6.07) is 3.64. The second-order valence-corrected chi connectivity index (χ2v) is 16.0. The quantitative estimate of drug-likeness (QED) is 0.0447. The lowest BCUT2D eigenvalue weighted by atomic mass is 10.1. The number of hydrogen-bond donors (Lipinski definition) is 1. The third kappa shape index (κ3) is 17.2. The molecule has 1 N–H and O–H groups in total. The van der Waals surface area contributed by atoms with Gasteiger partial charge in [0.25, 0.3) is 14.1 Å². The number of nitrogens with one attached hydrogen (secondary N) is 1. The van der Waals surface area contributed by atoms with Crippen molar-refractivity contribution in [1.82, 2.24) is 19.3 Å². The Balaban J connectivity index is 2.26. The fraction of sp³-hybridized carbons (Fsp3) is 0.872. The van der Waals surface area contributed by atoms with Crippen LogP contribution < -0.4 is 11.2 Å². The molecule has 0 spiro atoms. The smallest absolute Gasteiger partial charge is 0.330 e. The van der Waals surface area contributed by atoms with Crippen LogP contribution in [0.3, 0.4) is 0 Å². The molecule has 5 atom stereocenters. The van der Waals surface area contributed by atoms with Crippen molar-refractivity contribution in [2.75, 3.05) is 33.4 Å². The van der Waals surface area contributed by atoms with Crippen LogP contribution in [-0.2, 0) is 23.4 Å². The van der Waals surface area contributed by atoms with Gasteiger partial charge in [0.2, 0.25) is 0 Å². The van der Waals surface area contributed by atoms with Gasteiger partial charge in [-0.05, 0) is 40.5 Å². The summed E-state index contributed by atoms with van der Waals surface area (Å²) in [7, 11) is -0.0777. The van der Waals surface area contributed by atoms with Gasteiger partial charge in [-0.3, -0.25) is 19.2 Å².